The van der Waals surface area contributed by atoms with E-state index >= 15 is 0 Å². The minimum Gasteiger partial charge on any atom is -0.378 e. The Hall–Kier alpha value is -2.84. The Morgan fingerprint density at radius 1 is 1.25 bits per heavy atom. The molecule has 0 atom stereocenters. The SMILES string of the molecule is Nc1ncc2[nH]cc(-c3cccc(C#CC4(O)CCCC4)c3)c2n1. The molecule has 0 radical (unpaired) electrons. The lowest BCUT2D eigenvalue weighted by Crippen LogP contribution is -2.20. The van der Waals surface area contributed by atoms with E-state index in [4.69, 9.17) is 5.73 Å². The van der Waals surface area contributed by atoms with Gasteiger partial charge in [0, 0.05) is 17.3 Å². The van der Waals surface area contributed by atoms with Gasteiger partial charge in [-0.2, -0.15) is 0 Å². The van der Waals surface area contributed by atoms with E-state index in [1.165, 1.54) is 0 Å². The molecule has 0 spiro atoms. The molecule has 2 heterocycles. The van der Waals surface area contributed by atoms with Crippen LogP contribution in [0.15, 0.2) is 36.7 Å². The van der Waals surface area contributed by atoms with Crippen LogP contribution >= 0.6 is 0 Å². The summed E-state index contributed by atoms with van der Waals surface area (Å²) >= 11 is 0. The van der Waals surface area contributed by atoms with Crippen molar-refractivity contribution in [2.75, 3.05) is 5.73 Å². The van der Waals surface area contributed by atoms with E-state index in [9.17, 15) is 5.11 Å². The Morgan fingerprint density at radius 3 is 2.92 bits per heavy atom. The average Bonchev–Trinajstić information content (AvgIpc) is 3.20. The molecule has 0 amide bonds. The van der Waals surface area contributed by atoms with Gasteiger partial charge in [-0.3, -0.25) is 0 Å². The summed E-state index contributed by atoms with van der Waals surface area (Å²) in [6.45, 7) is 0. The zero-order valence-corrected chi connectivity index (χ0v) is 13.2. The highest BCUT2D eigenvalue weighted by molar-refractivity contribution is 5.92. The molecule has 3 aromatic rings. The van der Waals surface area contributed by atoms with Gasteiger partial charge in [0.25, 0.3) is 0 Å². The second-order valence-corrected chi connectivity index (χ2v) is 6.26. The number of anilines is 1. The van der Waals surface area contributed by atoms with Crippen molar-refractivity contribution in [3.05, 3.63) is 42.2 Å². The number of benzene rings is 1. The first-order chi connectivity index (χ1) is 11.6. The van der Waals surface area contributed by atoms with Crippen molar-refractivity contribution in [1.29, 1.82) is 0 Å². The van der Waals surface area contributed by atoms with Crippen LogP contribution in [0.4, 0.5) is 5.95 Å². The van der Waals surface area contributed by atoms with Crippen molar-refractivity contribution in [3.8, 4) is 23.0 Å². The number of fused-ring (bicyclic) bond motifs is 1. The second kappa shape index (κ2) is 5.66. The second-order valence-electron chi connectivity index (χ2n) is 6.26. The number of nitrogens with one attached hydrogen (secondary N) is 1. The molecular weight excluding hydrogens is 300 g/mol. The third kappa shape index (κ3) is 2.72. The van der Waals surface area contributed by atoms with Crippen LogP contribution in [-0.4, -0.2) is 25.7 Å². The summed E-state index contributed by atoms with van der Waals surface area (Å²) in [7, 11) is 0. The molecule has 0 aliphatic heterocycles. The van der Waals surface area contributed by atoms with E-state index in [0.717, 1.165) is 53.4 Å². The maximum Gasteiger partial charge on any atom is 0.220 e. The molecule has 5 heteroatoms. The molecule has 1 aromatic carbocycles. The first-order valence-corrected chi connectivity index (χ1v) is 8.09. The minimum atomic E-state index is -0.821. The highest BCUT2D eigenvalue weighted by Crippen LogP contribution is 2.29. The molecule has 1 fully saturated rings. The Bertz CT molecular complexity index is 958. The molecule has 0 unspecified atom stereocenters. The molecule has 5 nitrogen and oxygen atoms in total. The Kier molecular flexibility index (Phi) is 3.47. The largest absolute Gasteiger partial charge is 0.378 e. The van der Waals surface area contributed by atoms with Crippen molar-refractivity contribution in [2.45, 2.75) is 31.3 Å². The summed E-state index contributed by atoms with van der Waals surface area (Å²) in [5.74, 6) is 6.42. The molecule has 4 N–H and O–H groups in total. The number of aliphatic hydroxyl groups is 1. The Balaban J connectivity index is 1.72. The first kappa shape index (κ1) is 14.7. The predicted molar refractivity (Wildman–Crippen MR) is 94.0 cm³/mol. The molecule has 0 saturated heterocycles. The maximum atomic E-state index is 10.4. The van der Waals surface area contributed by atoms with E-state index < -0.39 is 5.60 Å². The quantitative estimate of drug-likeness (QED) is 0.602. The van der Waals surface area contributed by atoms with E-state index in [0.29, 0.717) is 0 Å². The van der Waals surface area contributed by atoms with Crippen LogP contribution in [0.3, 0.4) is 0 Å². The van der Waals surface area contributed by atoms with E-state index in [-0.39, 0.29) is 5.95 Å². The van der Waals surface area contributed by atoms with Gasteiger partial charge in [0.2, 0.25) is 5.95 Å². The van der Waals surface area contributed by atoms with Gasteiger partial charge in [0.1, 0.15) is 11.1 Å². The van der Waals surface area contributed by atoms with Crippen molar-refractivity contribution < 1.29 is 5.11 Å². The molecule has 2 aromatic heterocycles. The summed E-state index contributed by atoms with van der Waals surface area (Å²) in [6, 6.07) is 7.93. The molecule has 24 heavy (non-hydrogen) atoms. The van der Waals surface area contributed by atoms with Crippen LogP contribution in [0.2, 0.25) is 0 Å². The van der Waals surface area contributed by atoms with Gasteiger partial charge >= 0.3 is 0 Å². The lowest BCUT2D eigenvalue weighted by Gasteiger charge is -2.12. The van der Waals surface area contributed by atoms with Crippen molar-refractivity contribution in [2.24, 2.45) is 0 Å². The van der Waals surface area contributed by atoms with E-state index in [1.807, 2.05) is 30.5 Å². The third-order valence-electron chi connectivity index (χ3n) is 4.48. The van der Waals surface area contributed by atoms with Gasteiger partial charge in [-0.15, -0.1) is 0 Å². The van der Waals surface area contributed by atoms with Crippen LogP contribution in [0.25, 0.3) is 22.2 Å². The summed E-state index contributed by atoms with van der Waals surface area (Å²) < 4.78 is 0. The summed E-state index contributed by atoms with van der Waals surface area (Å²) in [5.41, 5.74) is 9.37. The normalized spacial score (nSPS) is 16.0. The number of H-pyrrole nitrogens is 1. The fourth-order valence-corrected chi connectivity index (χ4v) is 3.18. The molecule has 0 bridgehead atoms. The average molecular weight is 318 g/mol. The van der Waals surface area contributed by atoms with Crippen LogP contribution < -0.4 is 5.73 Å². The number of nitrogens with two attached hydrogens (primary N) is 1. The first-order valence-electron chi connectivity index (χ1n) is 8.09. The van der Waals surface area contributed by atoms with E-state index in [2.05, 4.69) is 26.8 Å². The Morgan fingerprint density at radius 2 is 2.08 bits per heavy atom. The number of rotatable bonds is 1. The highest BCUT2D eigenvalue weighted by Gasteiger charge is 2.28. The van der Waals surface area contributed by atoms with Gasteiger partial charge < -0.3 is 15.8 Å². The van der Waals surface area contributed by atoms with Gasteiger partial charge in [-0.25, -0.2) is 9.97 Å². The lowest BCUT2D eigenvalue weighted by molar-refractivity contribution is 0.110. The van der Waals surface area contributed by atoms with Crippen LogP contribution in [0.1, 0.15) is 31.2 Å². The zero-order chi connectivity index (χ0) is 16.6. The van der Waals surface area contributed by atoms with Gasteiger partial charge in [-0.1, -0.05) is 24.0 Å². The van der Waals surface area contributed by atoms with Crippen molar-refractivity contribution >= 4 is 17.0 Å². The van der Waals surface area contributed by atoms with Crippen LogP contribution in [0, 0.1) is 11.8 Å². The molecule has 1 saturated carbocycles. The molecular formula is C19H18N4O. The number of aromatic nitrogens is 3. The number of hydrogen-bond donors (Lipinski definition) is 3. The number of nitrogens with zero attached hydrogens (tertiary/aromatic N) is 2. The smallest absolute Gasteiger partial charge is 0.220 e. The van der Waals surface area contributed by atoms with Gasteiger partial charge in [0.15, 0.2) is 0 Å². The van der Waals surface area contributed by atoms with Gasteiger partial charge in [-0.05, 0) is 43.4 Å². The number of hydrogen-bond acceptors (Lipinski definition) is 4. The summed E-state index contributed by atoms with van der Waals surface area (Å²) in [4.78, 5) is 11.5. The van der Waals surface area contributed by atoms with Crippen molar-refractivity contribution in [3.63, 3.8) is 0 Å². The lowest BCUT2D eigenvalue weighted by atomic mass is 10.0. The molecule has 1 aliphatic carbocycles. The number of aromatic amines is 1. The zero-order valence-electron chi connectivity index (χ0n) is 13.2. The maximum absolute atomic E-state index is 10.4. The minimum absolute atomic E-state index is 0.253. The molecule has 120 valence electrons. The number of nitrogen functional groups attached to an aromatic ring is 1. The Labute approximate surface area is 140 Å². The highest BCUT2D eigenvalue weighted by atomic mass is 16.3. The fraction of sp³-hybridized carbons (Fsp3) is 0.263. The molecule has 1 aliphatic rings. The topological polar surface area (TPSA) is 87.8 Å². The fourth-order valence-electron chi connectivity index (χ4n) is 3.18. The van der Waals surface area contributed by atoms with E-state index in [1.54, 1.807) is 6.20 Å². The summed E-state index contributed by atoms with van der Waals surface area (Å²) in [6.07, 6.45) is 7.19. The van der Waals surface area contributed by atoms with Crippen LogP contribution in [0.5, 0.6) is 0 Å². The van der Waals surface area contributed by atoms with Crippen molar-refractivity contribution in [1.82, 2.24) is 15.0 Å². The summed E-state index contributed by atoms with van der Waals surface area (Å²) in [5, 5.41) is 10.4. The predicted octanol–water partition coefficient (Wildman–Crippen LogP) is 2.86. The van der Waals surface area contributed by atoms with Crippen LogP contribution in [-0.2, 0) is 0 Å². The monoisotopic (exact) mass is 318 g/mol. The van der Waals surface area contributed by atoms with Gasteiger partial charge in [0.05, 0.1) is 11.7 Å². The molecule has 4 rings (SSSR count). The third-order valence-corrected chi connectivity index (χ3v) is 4.48. The standard InChI is InChI=1S/C19H18N4O/c20-18-22-12-16-17(23-18)15(11-21-16)14-5-3-4-13(10-14)6-9-19(24)7-1-2-8-19/h3-5,10-12,21,24H,1-2,7-8H2,(H2,20,22,23).